The molecule has 4 aliphatic heterocycles. The maximum absolute atomic E-state index is 16.5. The minimum absolute atomic E-state index is 0.00748. The number of carbonyl (C=O) groups excluding carboxylic acids is 4. The fourth-order valence-electron chi connectivity index (χ4n) is 9.74. The van der Waals surface area contributed by atoms with Crippen LogP contribution in [0.4, 0.5) is 19.0 Å². The highest BCUT2D eigenvalue weighted by Gasteiger charge is 2.41. The summed E-state index contributed by atoms with van der Waals surface area (Å²) in [7, 11) is 0. The summed E-state index contributed by atoms with van der Waals surface area (Å²) in [5.41, 5.74) is 1.72. The molecular formula is C49H54Cl2F3N7O5. The lowest BCUT2D eigenvalue weighted by Crippen LogP contribution is -2.52. The number of likely N-dealkylation sites (tertiary alicyclic amines) is 1. The summed E-state index contributed by atoms with van der Waals surface area (Å²) in [6.07, 6.45) is 9.68. The van der Waals surface area contributed by atoms with Crippen LogP contribution in [-0.2, 0) is 20.9 Å². The molecule has 1 N–H and O–H groups in total. The number of rotatable bonds is 15. The van der Waals surface area contributed by atoms with Crippen LogP contribution < -0.4 is 15.0 Å². The number of anilines is 1. The molecule has 5 heterocycles. The van der Waals surface area contributed by atoms with Crippen LogP contribution >= 0.6 is 23.2 Å². The molecule has 1 atom stereocenters. The van der Waals surface area contributed by atoms with Crippen molar-refractivity contribution in [2.24, 2.45) is 5.92 Å². The topological polar surface area (TPSA) is 128 Å². The van der Waals surface area contributed by atoms with Crippen molar-refractivity contribution < 1.29 is 37.1 Å². The molecule has 17 heteroatoms. The van der Waals surface area contributed by atoms with Crippen LogP contribution in [0.1, 0.15) is 99.0 Å². The normalized spacial score (nSPS) is 18.7. The lowest BCUT2D eigenvalue weighted by atomic mass is 9.85. The predicted octanol–water partition coefficient (Wildman–Crippen LogP) is 8.76. The maximum Gasteiger partial charge on any atom is 0.265 e. The molecular weight excluding hydrogens is 894 g/mol. The zero-order valence-electron chi connectivity index (χ0n) is 37.2. The Balaban J connectivity index is 0.802. The van der Waals surface area contributed by atoms with E-state index in [4.69, 9.17) is 27.9 Å². The van der Waals surface area contributed by atoms with Gasteiger partial charge in [-0.15, -0.1) is 0 Å². The summed E-state index contributed by atoms with van der Waals surface area (Å²) in [5, 5.41) is 2.86. The van der Waals surface area contributed by atoms with Crippen molar-refractivity contribution in [2.75, 3.05) is 57.3 Å². The van der Waals surface area contributed by atoms with Gasteiger partial charge in [-0.2, -0.15) is 0 Å². The zero-order chi connectivity index (χ0) is 46.6. The van der Waals surface area contributed by atoms with Crippen molar-refractivity contribution in [2.45, 2.75) is 90.1 Å². The van der Waals surface area contributed by atoms with Gasteiger partial charge in [-0.1, -0.05) is 68.5 Å². The van der Waals surface area contributed by atoms with E-state index in [1.54, 1.807) is 29.2 Å². The van der Waals surface area contributed by atoms with Crippen molar-refractivity contribution in [1.29, 1.82) is 0 Å². The molecule has 4 amide bonds. The first kappa shape index (κ1) is 47.3. The van der Waals surface area contributed by atoms with E-state index in [9.17, 15) is 23.6 Å². The van der Waals surface area contributed by atoms with Gasteiger partial charge in [-0.05, 0) is 105 Å². The molecule has 4 aliphatic rings. The van der Waals surface area contributed by atoms with E-state index in [0.29, 0.717) is 56.0 Å². The van der Waals surface area contributed by atoms with Gasteiger partial charge in [0, 0.05) is 55.7 Å². The van der Waals surface area contributed by atoms with E-state index < -0.39 is 29.4 Å². The smallest absolute Gasteiger partial charge is 0.265 e. The van der Waals surface area contributed by atoms with Gasteiger partial charge in [-0.25, -0.2) is 23.1 Å². The Morgan fingerprint density at radius 3 is 2.41 bits per heavy atom. The van der Waals surface area contributed by atoms with Crippen molar-refractivity contribution in [3.63, 3.8) is 0 Å². The Morgan fingerprint density at radius 1 is 0.924 bits per heavy atom. The number of nitrogens with zero attached hydrogens (tertiary/aromatic N) is 6. The Kier molecular flexibility index (Phi) is 14.8. The van der Waals surface area contributed by atoms with Gasteiger partial charge in [0.25, 0.3) is 11.8 Å². The number of nitrogens with one attached hydrogen (secondary N) is 1. The number of piperazine rings is 1. The number of fused-ring (bicyclic) bond motifs is 2. The summed E-state index contributed by atoms with van der Waals surface area (Å²) in [4.78, 5) is 66.6. The number of amides is 4. The van der Waals surface area contributed by atoms with E-state index in [-0.39, 0.29) is 81.4 Å². The molecule has 8 rings (SSSR count). The Labute approximate surface area is 392 Å². The fraction of sp³-hybridized carbons (Fsp3) is 0.469. The molecule has 0 spiro atoms. The van der Waals surface area contributed by atoms with Gasteiger partial charge >= 0.3 is 0 Å². The number of benzene rings is 3. The highest BCUT2D eigenvalue weighted by Crippen LogP contribution is 2.43. The largest absolute Gasteiger partial charge is 0.493 e. The maximum atomic E-state index is 16.5. The number of piperidine rings is 2. The summed E-state index contributed by atoms with van der Waals surface area (Å²) < 4.78 is 53.1. The Hall–Kier alpha value is -5.25. The molecule has 1 unspecified atom stereocenters. The van der Waals surface area contributed by atoms with Crippen LogP contribution in [0.2, 0.25) is 5.02 Å². The first-order valence-corrected chi connectivity index (χ1v) is 23.7. The van der Waals surface area contributed by atoms with Gasteiger partial charge in [0.1, 0.15) is 46.1 Å². The van der Waals surface area contributed by atoms with E-state index in [1.807, 2.05) is 18.7 Å². The zero-order valence-corrected chi connectivity index (χ0v) is 38.7. The van der Waals surface area contributed by atoms with Gasteiger partial charge in [0.05, 0.1) is 17.2 Å². The molecule has 0 saturated carbocycles. The standard InChI is InChI=1S/C49H54Cl2F3N7O5/c1-29(2)23-37(51)49(65)60-20-18-59(19-21-60)46-34-26-36(50)42(44(54)45(34)55-28-56-46)43-38(53)9-8-10-40(43)66-22-7-5-3-4-6-15-58-16-13-30(14-17-58)32-24-31(52)25-33-35(32)27-61(48(33)64)39-11-12-41(62)57-47(39)63/h8-10,23-26,28-30,39H,3-7,11-22,27H2,1-2H3,(H,57,62,63)/b37-23-. The second-order valence-electron chi connectivity index (χ2n) is 17.9. The molecule has 0 radical (unpaired) electrons. The molecule has 0 aliphatic carbocycles. The molecule has 350 valence electrons. The number of hydrogen-bond acceptors (Lipinski definition) is 9. The van der Waals surface area contributed by atoms with Gasteiger partial charge in [-0.3, -0.25) is 24.5 Å². The predicted molar refractivity (Wildman–Crippen MR) is 247 cm³/mol. The highest BCUT2D eigenvalue weighted by molar-refractivity contribution is 6.42. The minimum atomic E-state index is -0.785. The number of hydrogen-bond donors (Lipinski definition) is 1. The number of allylic oxidation sites excluding steroid dienone is 1. The van der Waals surface area contributed by atoms with E-state index in [1.165, 1.54) is 29.4 Å². The van der Waals surface area contributed by atoms with Crippen LogP contribution in [0, 0.1) is 23.4 Å². The van der Waals surface area contributed by atoms with Crippen LogP contribution in [0.15, 0.2) is 53.8 Å². The summed E-state index contributed by atoms with van der Waals surface area (Å²) in [6, 6.07) is 7.99. The summed E-state index contributed by atoms with van der Waals surface area (Å²) >= 11 is 13.0. The van der Waals surface area contributed by atoms with Crippen molar-refractivity contribution >= 4 is 63.6 Å². The SMILES string of the molecule is CC(C)/C=C(\Cl)C(=O)N1CCN(c2ncnc3c(F)c(-c4c(F)cccc4OCCCCCCCN4CCC(c5cc(F)cc6c5CN(C5CCC(=O)NC5=O)C6=O)CC4)c(Cl)cc23)CC1. The third-order valence-electron chi connectivity index (χ3n) is 13.1. The molecule has 3 fully saturated rings. The first-order valence-electron chi connectivity index (χ1n) is 22.9. The lowest BCUT2D eigenvalue weighted by Gasteiger charge is -2.35. The number of aromatic nitrogens is 2. The first-order chi connectivity index (χ1) is 31.8. The molecule has 66 heavy (non-hydrogen) atoms. The molecule has 0 bridgehead atoms. The lowest BCUT2D eigenvalue weighted by molar-refractivity contribution is -0.137. The van der Waals surface area contributed by atoms with Gasteiger partial charge in [0.2, 0.25) is 11.8 Å². The van der Waals surface area contributed by atoms with E-state index in [2.05, 4.69) is 20.2 Å². The summed E-state index contributed by atoms with van der Waals surface area (Å²) in [5.74, 6) is -2.48. The summed E-state index contributed by atoms with van der Waals surface area (Å²) in [6.45, 7) is 8.72. The minimum Gasteiger partial charge on any atom is -0.493 e. The number of carbonyl (C=O) groups is 4. The van der Waals surface area contributed by atoms with Gasteiger partial charge < -0.3 is 24.3 Å². The Morgan fingerprint density at radius 2 is 1.67 bits per heavy atom. The molecule has 12 nitrogen and oxygen atoms in total. The Bertz CT molecular complexity index is 2540. The van der Waals surface area contributed by atoms with Crippen molar-refractivity contribution in [3.8, 4) is 16.9 Å². The molecule has 3 saturated heterocycles. The molecule has 4 aromatic rings. The number of halogens is 5. The van der Waals surface area contributed by atoms with E-state index >= 15 is 8.78 Å². The third kappa shape index (κ3) is 10.2. The van der Waals surface area contributed by atoms with Gasteiger partial charge in [0.15, 0.2) is 5.82 Å². The van der Waals surface area contributed by atoms with Crippen LogP contribution in [0.5, 0.6) is 5.75 Å². The second-order valence-corrected chi connectivity index (χ2v) is 18.8. The fourth-order valence-corrected chi connectivity index (χ4v) is 10.4. The average Bonchev–Trinajstić information content (AvgIpc) is 3.62. The second kappa shape index (κ2) is 20.7. The molecule has 3 aromatic carbocycles. The number of unbranched alkanes of at least 4 members (excludes halogenated alkanes) is 4. The number of imide groups is 1. The third-order valence-corrected chi connectivity index (χ3v) is 13.7. The number of ether oxygens (including phenoxy) is 1. The van der Waals surface area contributed by atoms with E-state index in [0.717, 1.165) is 69.3 Å². The quantitative estimate of drug-likeness (QED) is 0.0707. The monoisotopic (exact) mass is 947 g/mol. The van der Waals surface area contributed by atoms with Crippen molar-refractivity contribution in [3.05, 3.63) is 93.0 Å². The molecule has 1 aromatic heterocycles. The van der Waals surface area contributed by atoms with Crippen LogP contribution in [0.3, 0.4) is 0 Å². The van der Waals surface area contributed by atoms with Crippen molar-refractivity contribution in [1.82, 2.24) is 30.0 Å². The van der Waals surface area contributed by atoms with Crippen LogP contribution in [0.25, 0.3) is 22.0 Å². The van der Waals surface area contributed by atoms with Crippen LogP contribution in [-0.4, -0.2) is 107 Å². The average molecular weight is 949 g/mol. The highest BCUT2D eigenvalue weighted by atomic mass is 35.5.